The van der Waals surface area contributed by atoms with Gasteiger partial charge in [-0.05, 0) is 35.7 Å². The summed E-state index contributed by atoms with van der Waals surface area (Å²) in [5.74, 6) is 0.619. The monoisotopic (exact) mass is 398 g/mol. The molecule has 4 aromatic rings. The average molecular weight is 399 g/mol. The van der Waals surface area contributed by atoms with Crippen LogP contribution in [0.1, 0.15) is 5.56 Å². The van der Waals surface area contributed by atoms with Crippen LogP contribution in [0.5, 0.6) is 0 Å². The van der Waals surface area contributed by atoms with Crippen LogP contribution in [0, 0.1) is 0 Å². The van der Waals surface area contributed by atoms with Gasteiger partial charge in [0.2, 0.25) is 0 Å². The molecule has 1 heterocycles. The zero-order chi connectivity index (χ0) is 20.1. The molecule has 0 unspecified atom stereocenters. The number of alkyl halides is 1. The van der Waals surface area contributed by atoms with Crippen molar-refractivity contribution >= 4 is 17.3 Å². The molecule has 29 heavy (non-hydrogen) atoms. The minimum Gasteiger partial charge on any atom is -0.388 e. The normalized spacial score (nSPS) is 10.7. The third-order valence-electron chi connectivity index (χ3n) is 5.01. The van der Waals surface area contributed by atoms with E-state index in [1.54, 1.807) is 0 Å². The smallest absolute Gasteiger partial charge is 0.0715 e. The number of aromatic nitrogens is 1. The maximum absolute atomic E-state index is 5.94. The third kappa shape index (κ3) is 4.33. The molecular formula is C26H23ClN2. The first kappa shape index (κ1) is 19.2. The minimum absolute atomic E-state index is 0.619. The number of rotatable bonds is 6. The van der Waals surface area contributed by atoms with Gasteiger partial charge in [-0.25, -0.2) is 4.98 Å². The summed E-state index contributed by atoms with van der Waals surface area (Å²) in [6, 6.07) is 31.5. The van der Waals surface area contributed by atoms with E-state index >= 15 is 0 Å². The van der Waals surface area contributed by atoms with Crippen molar-refractivity contribution in [3.63, 3.8) is 0 Å². The van der Waals surface area contributed by atoms with E-state index in [0.29, 0.717) is 5.88 Å². The Morgan fingerprint density at radius 1 is 0.724 bits per heavy atom. The summed E-state index contributed by atoms with van der Waals surface area (Å²) in [6.45, 7) is 0. The number of anilines is 1. The maximum atomic E-state index is 5.94. The first-order valence-electron chi connectivity index (χ1n) is 9.78. The van der Waals surface area contributed by atoms with Gasteiger partial charge in [0.05, 0.1) is 11.4 Å². The average Bonchev–Trinajstić information content (AvgIpc) is 2.80. The van der Waals surface area contributed by atoms with E-state index in [1.165, 1.54) is 5.56 Å². The Labute approximate surface area is 177 Å². The second-order valence-corrected chi connectivity index (χ2v) is 7.31. The highest BCUT2D eigenvalue weighted by atomic mass is 35.5. The molecule has 0 saturated heterocycles. The molecule has 0 fully saturated rings. The molecule has 0 radical (unpaired) electrons. The minimum atomic E-state index is 0.619. The van der Waals surface area contributed by atoms with Crippen LogP contribution in [-0.2, 0) is 6.42 Å². The van der Waals surface area contributed by atoms with Crippen LogP contribution in [-0.4, -0.2) is 17.9 Å². The molecule has 3 aromatic carbocycles. The molecule has 3 heteroatoms. The molecule has 2 nitrogen and oxygen atoms in total. The number of halogens is 1. The number of benzene rings is 3. The number of hydrogen-bond donors (Lipinski definition) is 1. The molecule has 1 N–H and O–H groups in total. The molecule has 1 aromatic heterocycles. The molecule has 0 amide bonds. The Morgan fingerprint density at radius 3 is 1.83 bits per heavy atom. The standard InChI is InChI=1S/C26H23ClN2/c1-28-26-16-19(14-15-27)12-13-23(26)22-17-24(20-8-4-2-5-9-20)29-25(18-22)21-10-6-3-7-11-21/h2-13,16-18,28H,14-15H2,1H3. The summed E-state index contributed by atoms with van der Waals surface area (Å²) in [5.41, 5.74) is 8.77. The Balaban J connectivity index is 1.89. The third-order valence-corrected chi connectivity index (χ3v) is 5.20. The largest absolute Gasteiger partial charge is 0.388 e. The van der Waals surface area contributed by atoms with Gasteiger partial charge in [0.15, 0.2) is 0 Å². The molecule has 0 spiro atoms. The van der Waals surface area contributed by atoms with Crippen molar-refractivity contribution in [2.75, 3.05) is 18.2 Å². The van der Waals surface area contributed by atoms with Crippen molar-refractivity contribution in [3.05, 3.63) is 96.6 Å². The van der Waals surface area contributed by atoms with Crippen LogP contribution in [0.4, 0.5) is 5.69 Å². The second-order valence-electron chi connectivity index (χ2n) is 6.93. The van der Waals surface area contributed by atoms with E-state index in [2.05, 4.69) is 59.9 Å². The topological polar surface area (TPSA) is 24.9 Å². The zero-order valence-corrected chi connectivity index (χ0v) is 17.2. The zero-order valence-electron chi connectivity index (χ0n) is 16.4. The van der Waals surface area contributed by atoms with E-state index in [0.717, 1.165) is 45.7 Å². The fourth-order valence-corrected chi connectivity index (χ4v) is 3.73. The van der Waals surface area contributed by atoms with Gasteiger partial charge in [-0.15, -0.1) is 11.6 Å². The van der Waals surface area contributed by atoms with Gasteiger partial charge in [-0.2, -0.15) is 0 Å². The summed E-state index contributed by atoms with van der Waals surface area (Å²) in [6.07, 6.45) is 0.859. The van der Waals surface area contributed by atoms with Gasteiger partial charge >= 0.3 is 0 Å². The fourth-order valence-electron chi connectivity index (χ4n) is 3.51. The quantitative estimate of drug-likeness (QED) is 0.357. The lowest BCUT2D eigenvalue weighted by Crippen LogP contribution is -1.97. The Morgan fingerprint density at radius 2 is 1.31 bits per heavy atom. The number of pyridine rings is 1. The molecule has 4 rings (SSSR count). The predicted octanol–water partition coefficient (Wildman–Crippen LogP) is 6.91. The van der Waals surface area contributed by atoms with Gasteiger partial charge in [0, 0.05) is 35.3 Å². The van der Waals surface area contributed by atoms with Gasteiger partial charge in [0.25, 0.3) is 0 Å². The van der Waals surface area contributed by atoms with E-state index in [-0.39, 0.29) is 0 Å². The van der Waals surface area contributed by atoms with Gasteiger partial charge in [-0.3, -0.25) is 0 Å². The SMILES string of the molecule is CNc1cc(CCCl)ccc1-c1cc(-c2ccccc2)nc(-c2ccccc2)c1. The molecule has 0 bridgehead atoms. The fraction of sp³-hybridized carbons (Fsp3) is 0.115. The molecule has 0 aliphatic heterocycles. The van der Waals surface area contributed by atoms with Gasteiger partial charge in [-0.1, -0.05) is 72.8 Å². The van der Waals surface area contributed by atoms with Crippen LogP contribution < -0.4 is 5.32 Å². The predicted molar refractivity (Wildman–Crippen MR) is 125 cm³/mol. The van der Waals surface area contributed by atoms with Crippen molar-refractivity contribution in [2.24, 2.45) is 0 Å². The van der Waals surface area contributed by atoms with E-state index in [1.807, 2.05) is 43.4 Å². The van der Waals surface area contributed by atoms with E-state index in [4.69, 9.17) is 16.6 Å². The van der Waals surface area contributed by atoms with Crippen molar-refractivity contribution in [3.8, 4) is 33.6 Å². The van der Waals surface area contributed by atoms with E-state index < -0.39 is 0 Å². The van der Waals surface area contributed by atoms with E-state index in [9.17, 15) is 0 Å². The number of nitrogens with zero attached hydrogens (tertiary/aromatic N) is 1. The summed E-state index contributed by atoms with van der Waals surface area (Å²) in [7, 11) is 1.96. The van der Waals surface area contributed by atoms with Crippen LogP contribution in [0.3, 0.4) is 0 Å². The molecule has 0 saturated carbocycles. The van der Waals surface area contributed by atoms with Crippen LogP contribution >= 0.6 is 11.6 Å². The maximum Gasteiger partial charge on any atom is 0.0715 e. The second kappa shape index (κ2) is 8.93. The summed E-state index contributed by atoms with van der Waals surface area (Å²) < 4.78 is 0. The highest BCUT2D eigenvalue weighted by Crippen LogP contribution is 2.34. The Kier molecular flexibility index (Phi) is 5.92. The summed E-state index contributed by atoms with van der Waals surface area (Å²) in [5, 5.41) is 3.35. The number of nitrogens with one attached hydrogen (secondary N) is 1. The highest BCUT2D eigenvalue weighted by molar-refractivity contribution is 6.18. The first-order valence-corrected chi connectivity index (χ1v) is 10.3. The summed E-state index contributed by atoms with van der Waals surface area (Å²) >= 11 is 5.94. The molecule has 0 aliphatic rings. The van der Waals surface area contributed by atoms with Crippen LogP contribution in [0.15, 0.2) is 91.0 Å². The Hall–Kier alpha value is -3.10. The van der Waals surface area contributed by atoms with Gasteiger partial charge in [0.1, 0.15) is 0 Å². The molecule has 0 atom stereocenters. The molecule has 0 aliphatic carbocycles. The summed E-state index contributed by atoms with van der Waals surface area (Å²) in [4.78, 5) is 4.96. The first-order chi connectivity index (χ1) is 14.3. The van der Waals surface area contributed by atoms with Crippen molar-refractivity contribution in [2.45, 2.75) is 6.42 Å². The van der Waals surface area contributed by atoms with Crippen LogP contribution in [0.2, 0.25) is 0 Å². The highest BCUT2D eigenvalue weighted by Gasteiger charge is 2.11. The lowest BCUT2D eigenvalue weighted by Gasteiger charge is -2.14. The lowest BCUT2D eigenvalue weighted by molar-refractivity contribution is 1.15. The van der Waals surface area contributed by atoms with Crippen molar-refractivity contribution < 1.29 is 0 Å². The number of hydrogen-bond acceptors (Lipinski definition) is 2. The van der Waals surface area contributed by atoms with Crippen LogP contribution in [0.25, 0.3) is 33.6 Å². The number of aryl methyl sites for hydroxylation is 1. The molecule has 144 valence electrons. The molecular weight excluding hydrogens is 376 g/mol. The lowest BCUT2D eigenvalue weighted by atomic mass is 9.97. The Bertz CT molecular complexity index is 1030. The van der Waals surface area contributed by atoms with Crippen molar-refractivity contribution in [1.82, 2.24) is 4.98 Å². The van der Waals surface area contributed by atoms with Gasteiger partial charge < -0.3 is 5.32 Å². The van der Waals surface area contributed by atoms with Crippen molar-refractivity contribution in [1.29, 1.82) is 0 Å².